The summed E-state index contributed by atoms with van der Waals surface area (Å²) in [4.78, 5) is 19.5. The Labute approximate surface area is 169 Å². The minimum Gasteiger partial charge on any atom is -0.450 e. The smallest absolute Gasteiger partial charge is 0.294 e. The van der Waals surface area contributed by atoms with Gasteiger partial charge < -0.3 is 4.74 Å². The minimum absolute atomic E-state index is 0.146. The molecule has 0 atom stereocenters. The fourth-order valence-electron chi connectivity index (χ4n) is 2.17. The SMILES string of the molecule is Cc1nc(SCc2c(Cl)cccc2Cl)[nH]c(=O)c1Oc1ccc(Cl)cc1. The molecule has 3 aromatic rings. The topological polar surface area (TPSA) is 55.0 Å². The highest BCUT2D eigenvalue weighted by Gasteiger charge is 2.13. The number of aromatic amines is 1. The molecular weight excluding hydrogens is 415 g/mol. The molecule has 1 N–H and O–H groups in total. The van der Waals surface area contributed by atoms with Crippen molar-refractivity contribution in [2.75, 3.05) is 0 Å². The number of aryl methyl sites for hydroxylation is 1. The maximum Gasteiger partial charge on any atom is 0.294 e. The Morgan fingerprint density at radius 3 is 2.35 bits per heavy atom. The molecule has 0 radical (unpaired) electrons. The third-order valence-corrected chi connectivity index (χ3v) is 5.33. The van der Waals surface area contributed by atoms with E-state index >= 15 is 0 Å². The number of hydrogen-bond donors (Lipinski definition) is 1. The number of thioether (sulfide) groups is 1. The molecule has 2 aromatic carbocycles. The average Bonchev–Trinajstić information content (AvgIpc) is 2.59. The summed E-state index contributed by atoms with van der Waals surface area (Å²) in [6.07, 6.45) is 0. The molecule has 26 heavy (non-hydrogen) atoms. The highest BCUT2D eigenvalue weighted by molar-refractivity contribution is 7.98. The second kappa shape index (κ2) is 8.35. The molecule has 0 aliphatic heterocycles. The molecule has 0 aliphatic carbocycles. The molecule has 0 amide bonds. The zero-order chi connectivity index (χ0) is 18.7. The Morgan fingerprint density at radius 2 is 1.73 bits per heavy atom. The molecule has 134 valence electrons. The Hall–Kier alpha value is -1.66. The quantitative estimate of drug-likeness (QED) is 0.393. The average molecular weight is 428 g/mol. The van der Waals surface area contributed by atoms with Crippen LogP contribution in [0.15, 0.2) is 52.4 Å². The first kappa shape index (κ1) is 19.1. The van der Waals surface area contributed by atoms with Crippen LogP contribution in [0.3, 0.4) is 0 Å². The lowest BCUT2D eigenvalue weighted by Gasteiger charge is -2.10. The van der Waals surface area contributed by atoms with E-state index < -0.39 is 0 Å². The molecule has 8 heteroatoms. The van der Waals surface area contributed by atoms with Gasteiger partial charge in [0.1, 0.15) is 5.75 Å². The normalized spacial score (nSPS) is 10.8. The number of ether oxygens (including phenoxy) is 1. The van der Waals surface area contributed by atoms with Crippen LogP contribution in [-0.2, 0) is 5.75 Å². The number of rotatable bonds is 5. The number of aromatic nitrogens is 2. The van der Waals surface area contributed by atoms with Crippen LogP contribution in [-0.4, -0.2) is 9.97 Å². The fraction of sp³-hybridized carbons (Fsp3) is 0.111. The number of hydrogen-bond acceptors (Lipinski definition) is 4. The third kappa shape index (κ3) is 4.54. The highest BCUT2D eigenvalue weighted by atomic mass is 35.5. The molecule has 4 nitrogen and oxygen atoms in total. The van der Waals surface area contributed by atoms with E-state index in [1.54, 1.807) is 49.4 Å². The third-order valence-electron chi connectivity index (χ3n) is 3.47. The summed E-state index contributed by atoms with van der Waals surface area (Å²) >= 11 is 19.5. The molecule has 1 aromatic heterocycles. The maximum absolute atomic E-state index is 12.4. The lowest BCUT2D eigenvalue weighted by Crippen LogP contribution is -2.13. The fourth-order valence-corrected chi connectivity index (χ4v) is 3.94. The van der Waals surface area contributed by atoms with Crippen molar-refractivity contribution in [2.24, 2.45) is 0 Å². The first-order valence-electron chi connectivity index (χ1n) is 7.54. The minimum atomic E-state index is -0.361. The van der Waals surface area contributed by atoms with E-state index in [1.165, 1.54) is 11.8 Å². The zero-order valence-electron chi connectivity index (χ0n) is 13.6. The van der Waals surface area contributed by atoms with Crippen molar-refractivity contribution in [1.82, 2.24) is 9.97 Å². The zero-order valence-corrected chi connectivity index (χ0v) is 16.6. The number of halogens is 3. The summed E-state index contributed by atoms with van der Waals surface area (Å²) in [6, 6.07) is 12.1. The lowest BCUT2D eigenvalue weighted by atomic mass is 10.2. The van der Waals surface area contributed by atoms with Crippen LogP contribution < -0.4 is 10.3 Å². The van der Waals surface area contributed by atoms with Crippen molar-refractivity contribution in [1.29, 1.82) is 0 Å². The molecule has 0 spiro atoms. The van der Waals surface area contributed by atoms with Gasteiger partial charge in [0.05, 0.1) is 5.69 Å². The van der Waals surface area contributed by atoms with Crippen molar-refractivity contribution < 1.29 is 4.74 Å². The second-order valence-corrected chi connectivity index (χ2v) is 7.55. The van der Waals surface area contributed by atoms with Gasteiger partial charge in [-0.05, 0) is 48.9 Å². The van der Waals surface area contributed by atoms with E-state index in [-0.39, 0.29) is 11.3 Å². The van der Waals surface area contributed by atoms with Crippen LogP contribution in [0.25, 0.3) is 0 Å². The maximum atomic E-state index is 12.4. The Kier molecular flexibility index (Phi) is 6.14. The molecule has 0 fully saturated rings. The van der Waals surface area contributed by atoms with Crippen molar-refractivity contribution >= 4 is 46.6 Å². The summed E-state index contributed by atoms with van der Waals surface area (Å²) < 4.78 is 5.63. The molecule has 0 bridgehead atoms. The standard InChI is InChI=1S/C18H13Cl3N2O2S/c1-10-16(25-12-7-5-11(19)6-8-12)17(24)23-18(22-10)26-9-13-14(20)3-2-4-15(13)21/h2-8H,9H2,1H3,(H,22,23,24). The Bertz CT molecular complexity index is 970. The van der Waals surface area contributed by atoms with Gasteiger partial charge in [-0.2, -0.15) is 0 Å². The number of H-pyrrole nitrogens is 1. The van der Waals surface area contributed by atoms with Crippen LogP contribution in [0, 0.1) is 6.92 Å². The summed E-state index contributed by atoms with van der Waals surface area (Å²) in [5.41, 5.74) is 0.916. The summed E-state index contributed by atoms with van der Waals surface area (Å²) in [5.74, 6) is 1.14. The van der Waals surface area contributed by atoms with Gasteiger partial charge in [0.15, 0.2) is 5.16 Å². The van der Waals surface area contributed by atoms with Crippen LogP contribution in [0.4, 0.5) is 0 Å². The Morgan fingerprint density at radius 1 is 1.08 bits per heavy atom. The van der Waals surface area contributed by atoms with Crippen LogP contribution in [0.2, 0.25) is 15.1 Å². The largest absolute Gasteiger partial charge is 0.450 e. The van der Waals surface area contributed by atoms with E-state index in [0.29, 0.717) is 37.4 Å². The predicted octanol–water partition coefficient (Wildman–Crippen LogP) is 6.12. The summed E-state index contributed by atoms with van der Waals surface area (Å²) in [5, 5.41) is 2.21. The van der Waals surface area contributed by atoms with Gasteiger partial charge in [-0.3, -0.25) is 9.78 Å². The van der Waals surface area contributed by atoms with E-state index in [0.717, 1.165) is 5.56 Å². The molecule has 0 unspecified atom stereocenters. The molecule has 0 saturated heterocycles. The molecule has 3 rings (SSSR count). The molecule has 0 saturated carbocycles. The number of nitrogens with zero attached hydrogens (tertiary/aromatic N) is 1. The van der Waals surface area contributed by atoms with Gasteiger partial charge in [0, 0.05) is 20.8 Å². The number of nitrogens with one attached hydrogen (secondary N) is 1. The van der Waals surface area contributed by atoms with E-state index in [9.17, 15) is 4.79 Å². The first-order valence-corrected chi connectivity index (χ1v) is 9.66. The highest BCUT2D eigenvalue weighted by Crippen LogP contribution is 2.30. The van der Waals surface area contributed by atoms with Gasteiger partial charge in [0.2, 0.25) is 5.75 Å². The van der Waals surface area contributed by atoms with Gasteiger partial charge in [-0.25, -0.2) is 4.98 Å². The monoisotopic (exact) mass is 426 g/mol. The van der Waals surface area contributed by atoms with E-state index in [2.05, 4.69) is 9.97 Å². The van der Waals surface area contributed by atoms with Crippen molar-refractivity contribution in [3.8, 4) is 11.5 Å². The van der Waals surface area contributed by atoms with Gasteiger partial charge >= 0.3 is 0 Å². The van der Waals surface area contributed by atoms with Crippen LogP contribution >= 0.6 is 46.6 Å². The summed E-state index contributed by atoms with van der Waals surface area (Å²) in [7, 11) is 0. The Balaban J connectivity index is 1.79. The first-order chi connectivity index (χ1) is 12.4. The second-order valence-electron chi connectivity index (χ2n) is 5.33. The van der Waals surface area contributed by atoms with Crippen molar-refractivity contribution in [3.05, 3.63) is 79.1 Å². The van der Waals surface area contributed by atoms with Crippen LogP contribution in [0.1, 0.15) is 11.3 Å². The van der Waals surface area contributed by atoms with E-state index in [1.807, 2.05) is 0 Å². The van der Waals surface area contributed by atoms with E-state index in [4.69, 9.17) is 39.5 Å². The van der Waals surface area contributed by atoms with Gasteiger partial charge in [-0.15, -0.1) is 0 Å². The summed E-state index contributed by atoms with van der Waals surface area (Å²) in [6.45, 7) is 1.72. The van der Waals surface area contributed by atoms with Gasteiger partial charge in [0.25, 0.3) is 5.56 Å². The molecular formula is C18H13Cl3N2O2S. The molecule has 0 aliphatic rings. The van der Waals surface area contributed by atoms with Crippen molar-refractivity contribution in [3.63, 3.8) is 0 Å². The molecule has 1 heterocycles. The van der Waals surface area contributed by atoms with Crippen molar-refractivity contribution in [2.45, 2.75) is 17.8 Å². The van der Waals surface area contributed by atoms with Crippen LogP contribution in [0.5, 0.6) is 11.5 Å². The number of benzene rings is 2. The predicted molar refractivity (Wildman–Crippen MR) is 107 cm³/mol. The van der Waals surface area contributed by atoms with Gasteiger partial charge in [-0.1, -0.05) is 52.6 Å². The lowest BCUT2D eigenvalue weighted by molar-refractivity contribution is 0.464.